The smallest absolute Gasteiger partial charge is 0.331 e. The van der Waals surface area contributed by atoms with E-state index in [1.54, 1.807) is 24.3 Å². The van der Waals surface area contributed by atoms with Gasteiger partial charge in [0.25, 0.3) is 5.91 Å². The minimum atomic E-state index is -0.558. The SMILES string of the molecule is Cc1ccccc1/C=C/C(=O)OCC(=O)Nc1cccc(Br)c1. The molecule has 0 aliphatic rings. The average Bonchev–Trinajstić information content (AvgIpc) is 2.52. The number of ether oxygens (including phenoxy) is 1. The molecule has 5 heteroatoms. The normalized spacial score (nSPS) is 10.5. The van der Waals surface area contributed by atoms with E-state index in [0.29, 0.717) is 5.69 Å². The number of benzene rings is 2. The van der Waals surface area contributed by atoms with Crippen molar-refractivity contribution in [3.8, 4) is 0 Å². The van der Waals surface area contributed by atoms with Gasteiger partial charge >= 0.3 is 5.97 Å². The van der Waals surface area contributed by atoms with Crippen LogP contribution in [0.25, 0.3) is 6.08 Å². The Morgan fingerprint density at radius 1 is 1.17 bits per heavy atom. The summed E-state index contributed by atoms with van der Waals surface area (Å²) in [5.74, 6) is -0.946. The lowest BCUT2D eigenvalue weighted by atomic mass is 10.1. The van der Waals surface area contributed by atoms with Crippen LogP contribution in [0, 0.1) is 6.92 Å². The van der Waals surface area contributed by atoms with Gasteiger partial charge in [-0.15, -0.1) is 0 Å². The molecule has 0 saturated heterocycles. The van der Waals surface area contributed by atoms with E-state index in [4.69, 9.17) is 4.74 Å². The van der Waals surface area contributed by atoms with Gasteiger partial charge in [0.05, 0.1) is 0 Å². The fourth-order valence-electron chi connectivity index (χ4n) is 1.88. The maximum absolute atomic E-state index is 11.7. The summed E-state index contributed by atoms with van der Waals surface area (Å²) in [4.78, 5) is 23.4. The van der Waals surface area contributed by atoms with Gasteiger partial charge in [-0.2, -0.15) is 0 Å². The van der Waals surface area contributed by atoms with Crippen LogP contribution in [-0.4, -0.2) is 18.5 Å². The van der Waals surface area contributed by atoms with Crippen LogP contribution in [0.4, 0.5) is 5.69 Å². The zero-order valence-electron chi connectivity index (χ0n) is 12.6. The minimum absolute atomic E-state index is 0.330. The van der Waals surface area contributed by atoms with E-state index < -0.39 is 5.97 Å². The van der Waals surface area contributed by atoms with Crippen molar-refractivity contribution in [1.29, 1.82) is 0 Å². The highest BCUT2D eigenvalue weighted by Gasteiger charge is 2.06. The number of hydrogen-bond acceptors (Lipinski definition) is 3. The van der Waals surface area contributed by atoms with E-state index in [9.17, 15) is 9.59 Å². The number of anilines is 1. The Bertz CT molecular complexity index is 741. The molecule has 4 nitrogen and oxygen atoms in total. The average molecular weight is 374 g/mol. The van der Waals surface area contributed by atoms with Crippen LogP contribution in [0.3, 0.4) is 0 Å². The third kappa shape index (κ3) is 5.71. The van der Waals surface area contributed by atoms with Gasteiger partial charge in [-0.3, -0.25) is 4.79 Å². The Balaban J connectivity index is 1.82. The Kier molecular flexibility index (Phi) is 6.11. The summed E-state index contributed by atoms with van der Waals surface area (Å²) in [5, 5.41) is 2.65. The summed E-state index contributed by atoms with van der Waals surface area (Å²) in [7, 11) is 0. The Morgan fingerprint density at radius 2 is 1.96 bits per heavy atom. The van der Waals surface area contributed by atoms with Gasteiger partial charge in [0.15, 0.2) is 6.61 Å². The highest BCUT2D eigenvalue weighted by atomic mass is 79.9. The molecule has 0 heterocycles. The summed E-state index contributed by atoms with van der Waals surface area (Å²) in [6.07, 6.45) is 2.98. The lowest BCUT2D eigenvalue weighted by molar-refractivity contribution is -0.142. The van der Waals surface area contributed by atoms with E-state index in [2.05, 4.69) is 21.2 Å². The van der Waals surface area contributed by atoms with E-state index in [0.717, 1.165) is 15.6 Å². The van der Waals surface area contributed by atoms with Crippen LogP contribution < -0.4 is 5.32 Å². The lowest BCUT2D eigenvalue weighted by Gasteiger charge is -2.05. The predicted octanol–water partition coefficient (Wildman–Crippen LogP) is 3.95. The fourth-order valence-corrected chi connectivity index (χ4v) is 2.28. The molecule has 2 aromatic carbocycles. The van der Waals surface area contributed by atoms with Gasteiger partial charge in [-0.1, -0.05) is 46.3 Å². The molecule has 0 bridgehead atoms. The molecule has 0 atom stereocenters. The Labute approximate surface area is 143 Å². The number of esters is 1. The molecule has 1 N–H and O–H groups in total. The van der Waals surface area contributed by atoms with Crippen LogP contribution in [0.1, 0.15) is 11.1 Å². The molecule has 0 aromatic heterocycles. The molecule has 0 unspecified atom stereocenters. The Morgan fingerprint density at radius 3 is 2.70 bits per heavy atom. The van der Waals surface area contributed by atoms with Crippen LogP contribution in [0.5, 0.6) is 0 Å². The third-order valence-corrected chi connectivity index (χ3v) is 3.53. The number of rotatable bonds is 5. The second-order valence-corrected chi connectivity index (χ2v) is 5.77. The minimum Gasteiger partial charge on any atom is -0.452 e. The van der Waals surface area contributed by atoms with E-state index in [1.165, 1.54) is 6.08 Å². The maximum atomic E-state index is 11.7. The number of aryl methyl sites for hydroxylation is 1. The molecule has 0 fully saturated rings. The van der Waals surface area contributed by atoms with Crippen molar-refractivity contribution < 1.29 is 14.3 Å². The topological polar surface area (TPSA) is 55.4 Å². The summed E-state index contributed by atoms with van der Waals surface area (Å²) >= 11 is 3.32. The van der Waals surface area contributed by atoms with Gasteiger partial charge < -0.3 is 10.1 Å². The molecule has 0 spiro atoms. The molecule has 23 heavy (non-hydrogen) atoms. The summed E-state index contributed by atoms with van der Waals surface area (Å²) in [5.41, 5.74) is 2.63. The summed E-state index contributed by atoms with van der Waals surface area (Å²) < 4.78 is 5.77. The van der Waals surface area contributed by atoms with Crippen LogP contribution in [-0.2, 0) is 14.3 Å². The van der Waals surface area contributed by atoms with Crippen molar-refractivity contribution in [2.45, 2.75) is 6.92 Å². The largest absolute Gasteiger partial charge is 0.452 e. The number of amides is 1. The standard InChI is InChI=1S/C18H16BrNO3/c1-13-5-2-3-6-14(13)9-10-18(22)23-12-17(21)20-16-8-4-7-15(19)11-16/h2-11H,12H2,1H3,(H,20,21)/b10-9+. The quantitative estimate of drug-likeness (QED) is 0.637. The molecule has 118 valence electrons. The molecule has 0 saturated carbocycles. The van der Waals surface area contributed by atoms with Gasteiger partial charge in [-0.25, -0.2) is 4.79 Å². The third-order valence-electron chi connectivity index (χ3n) is 3.04. The molecule has 2 rings (SSSR count). The highest BCUT2D eigenvalue weighted by molar-refractivity contribution is 9.10. The van der Waals surface area contributed by atoms with Crippen molar-refractivity contribution in [2.24, 2.45) is 0 Å². The first-order valence-electron chi connectivity index (χ1n) is 7.00. The molecule has 2 aromatic rings. The first-order valence-corrected chi connectivity index (χ1v) is 7.80. The number of hydrogen-bond donors (Lipinski definition) is 1. The van der Waals surface area contributed by atoms with Crippen molar-refractivity contribution in [1.82, 2.24) is 0 Å². The predicted molar refractivity (Wildman–Crippen MR) is 93.9 cm³/mol. The number of halogens is 1. The number of carbonyl (C=O) groups is 2. The second kappa shape index (κ2) is 8.29. The Hall–Kier alpha value is -2.40. The molecule has 0 radical (unpaired) electrons. The van der Waals surface area contributed by atoms with Crippen LogP contribution in [0.2, 0.25) is 0 Å². The molecule has 0 aliphatic heterocycles. The van der Waals surface area contributed by atoms with E-state index in [-0.39, 0.29) is 12.5 Å². The van der Waals surface area contributed by atoms with Crippen LogP contribution in [0.15, 0.2) is 59.1 Å². The van der Waals surface area contributed by atoms with E-state index in [1.807, 2.05) is 37.3 Å². The monoisotopic (exact) mass is 373 g/mol. The first-order chi connectivity index (χ1) is 11.0. The number of carbonyl (C=O) groups excluding carboxylic acids is 2. The molecule has 1 amide bonds. The fraction of sp³-hybridized carbons (Fsp3) is 0.111. The summed E-state index contributed by atoms with van der Waals surface area (Å²) in [6, 6.07) is 14.8. The maximum Gasteiger partial charge on any atom is 0.331 e. The molecular formula is C18H16BrNO3. The first kappa shape index (κ1) is 17.0. The van der Waals surface area contributed by atoms with Crippen molar-refractivity contribution in [2.75, 3.05) is 11.9 Å². The van der Waals surface area contributed by atoms with Crippen molar-refractivity contribution in [3.63, 3.8) is 0 Å². The van der Waals surface area contributed by atoms with Crippen molar-refractivity contribution >= 4 is 39.6 Å². The summed E-state index contributed by atoms with van der Waals surface area (Å²) in [6.45, 7) is 1.62. The van der Waals surface area contributed by atoms with E-state index >= 15 is 0 Å². The van der Waals surface area contributed by atoms with Crippen LogP contribution >= 0.6 is 15.9 Å². The zero-order valence-corrected chi connectivity index (χ0v) is 14.2. The molecular weight excluding hydrogens is 358 g/mol. The zero-order chi connectivity index (χ0) is 16.7. The van der Waals surface area contributed by atoms with Crippen molar-refractivity contribution in [3.05, 3.63) is 70.2 Å². The lowest BCUT2D eigenvalue weighted by Crippen LogP contribution is -2.20. The van der Waals surface area contributed by atoms with Gasteiger partial charge in [0.1, 0.15) is 0 Å². The van der Waals surface area contributed by atoms with Gasteiger partial charge in [-0.05, 0) is 42.3 Å². The molecule has 0 aliphatic carbocycles. The van der Waals surface area contributed by atoms with Gasteiger partial charge in [0, 0.05) is 16.2 Å². The second-order valence-electron chi connectivity index (χ2n) is 4.86. The number of nitrogens with one attached hydrogen (secondary N) is 1. The highest BCUT2D eigenvalue weighted by Crippen LogP contribution is 2.15. The van der Waals surface area contributed by atoms with Gasteiger partial charge in [0.2, 0.25) is 0 Å².